The van der Waals surface area contributed by atoms with E-state index in [2.05, 4.69) is 54.9 Å². The number of halogens is 1. The molecule has 16 heavy (non-hydrogen) atoms. The summed E-state index contributed by atoms with van der Waals surface area (Å²) >= 11 is 3.53. The second kappa shape index (κ2) is 6.41. The number of benzene rings is 1. The summed E-state index contributed by atoms with van der Waals surface area (Å²) in [7, 11) is 0. The van der Waals surface area contributed by atoms with Crippen molar-refractivity contribution in [2.24, 2.45) is 11.7 Å². The first kappa shape index (κ1) is 13.7. The normalized spacial score (nSPS) is 13.1. The monoisotopic (exact) mass is 283 g/mol. The van der Waals surface area contributed by atoms with Crippen LogP contribution in [0.5, 0.6) is 0 Å². The maximum Gasteiger partial charge on any atom is 0.0297 e. The molecule has 0 saturated heterocycles. The third kappa shape index (κ3) is 3.91. The van der Waals surface area contributed by atoms with Crippen molar-refractivity contribution in [3.63, 3.8) is 0 Å². The number of hydrogen-bond donors (Lipinski definition) is 1. The van der Waals surface area contributed by atoms with Crippen molar-refractivity contribution in [2.75, 3.05) is 0 Å². The van der Waals surface area contributed by atoms with Gasteiger partial charge in [-0.3, -0.25) is 0 Å². The van der Waals surface area contributed by atoms with E-state index >= 15 is 0 Å². The van der Waals surface area contributed by atoms with E-state index in [1.807, 2.05) is 0 Å². The fourth-order valence-electron chi connectivity index (χ4n) is 2.10. The highest BCUT2D eigenvalue weighted by Crippen LogP contribution is 2.26. The largest absolute Gasteiger partial charge is 0.324 e. The van der Waals surface area contributed by atoms with E-state index in [1.54, 1.807) is 0 Å². The number of rotatable bonds is 5. The molecule has 0 aliphatic rings. The van der Waals surface area contributed by atoms with Crippen LogP contribution in [0.1, 0.15) is 50.3 Å². The summed E-state index contributed by atoms with van der Waals surface area (Å²) in [6.45, 7) is 6.60. The standard InChI is InChI=1S/C14H22BrN/c1-4-11(5-2)8-14(16)12-6-10(3)7-13(15)9-12/h6-7,9,11,14H,4-5,8,16H2,1-3H3. The van der Waals surface area contributed by atoms with Gasteiger partial charge in [-0.05, 0) is 42.5 Å². The van der Waals surface area contributed by atoms with Crippen molar-refractivity contribution in [1.29, 1.82) is 0 Å². The molecule has 90 valence electrons. The summed E-state index contributed by atoms with van der Waals surface area (Å²) in [6, 6.07) is 6.62. The third-order valence-electron chi connectivity index (χ3n) is 3.23. The van der Waals surface area contributed by atoms with E-state index in [0.29, 0.717) is 0 Å². The summed E-state index contributed by atoms with van der Waals surface area (Å²) < 4.78 is 1.13. The lowest BCUT2D eigenvalue weighted by atomic mass is 9.91. The molecular formula is C14H22BrN. The topological polar surface area (TPSA) is 26.0 Å². The maximum atomic E-state index is 6.26. The Morgan fingerprint density at radius 3 is 2.31 bits per heavy atom. The Balaban J connectivity index is 2.75. The summed E-state index contributed by atoms with van der Waals surface area (Å²) in [5.74, 6) is 0.745. The molecule has 1 nitrogen and oxygen atoms in total. The molecule has 1 atom stereocenters. The smallest absolute Gasteiger partial charge is 0.0297 e. The molecule has 2 heteroatoms. The highest BCUT2D eigenvalue weighted by Gasteiger charge is 2.12. The van der Waals surface area contributed by atoms with Crippen LogP contribution in [0.15, 0.2) is 22.7 Å². The zero-order valence-corrected chi connectivity index (χ0v) is 12.0. The minimum Gasteiger partial charge on any atom is -0.324 e. The van der Waals surface area contributed by atoms with Gasteiger partial charge in [-0.1, -0.05) is 48.7 Å². The van der Waals surface area contributed by atoms with Crippen LogP contribution < -0.4 is 5.73 Å². The Morgan fingerprint density at radius 2 is 1.81 bits per heavy atom. The van der Waals surface area contributed by atoms with Gasteiger partial charge < -0.3 is 5.73 Å². The van der Waals surface area contributed by atoms with E-state index in [4.69, 9.17) is 5.73 Å². The molecule has 2 N–H and O–H groups in total. The number of aryl methyl sites for hydroxylation is 1. The van der Waals surface area contributed by atoms with Crippen molar-refractivity contribution < 1.29 is 0 Å². The summed E-state index contributed by atoms with van der Waals surface area (Å²) in [5, 5.41) is 0. The van der Waals surface area contributed by atoms with Crippen LogP contribution in [-0.2, 0) is 0 Å². The molecule has 0 amide bonds. The van der Waals surface area contributed by atoms with Gasteiger partial charge in [0.15, 0.2) is 0 Å². The first-order chi connectivity index (χ1) is 7.56. The fourth-order valence-corrected chi connectivity index (χ4v) is 2.72. The quantitative estimate of drug-likeness (QED) is 0.841. The second-order valence-corrected chi connectivity index (χ2v) is 5.50. The van der Waals surface area contributed by atoms with E-state index in [9.17, 15) is 0 Å². The number of hydrogen-bond acceptors (Lipinski definition) is 1. The van der Waals surface area contributed by atoms with Gasteiger partial charge in [0.25, 0.3) is 0 Å². The molecule has 0 aliphatic heterocycles. The summed E-state index contributed by atoms with van der Waals surface area (Å²) in [6.07, 6.45) is 3.53. The predicted octanol–water partition coefficient (Wildman–Crippen LogP) is 4.58. The van der Waals surface area contributed by atoms with Crippen LogP contribution in [0.3, 0.4) is 0 Å². The van der Waals surface area contributed by atoms with E-state index in [-0.39, 0.29) is 6.04 Å². The molecule has 1 aromatic carbocycles. The molecule has 0 bridgehead atoms. The molecule has 1 aromatic rings. The molecule has 1 unspecified atom stereocenters. The van der Waals surface area contributed by atoms with Crippen molar-refractivity contribution in [1.82, 2.24) is 0 Å². The van der Waals surface area contributed by atoms with Crippen molar-refractivity contribution in [3.05, 3.63) is 33.8 Å². The van der Waals surface area contributed by atoms with E-state index < -0.39 is 0 Å². The SMILES string of the molecule is CCC(CC)CC(N)c1cc(C)cc(Br)c1. The summed E-state index contributed by atoms with van der Waals surface area (Å²) in [5.41, 5.74) is 8.78. The zero-order chi connectivity index (χ0) is 12.1. The minimum absolute atomic E-state index is 0.168. The Hall–Kier alpha value is -0.340. The van der Waals surface area contributed by atoms with Crippen LogP contribution in [0.4, 0.5) is 0 Å². The van der Waals surface area contributed by atoms with Crippen molar-refractivity contribution in [2.45, 2.75) is 46.1 Å². The molecule has 0 heterocycles. The maximum absolute atomic E-state index is 6.26. The van der Waals surface area contributed by atoms with Gasteiger partial charge in [-0.2, -0.15) is 0 Å². The molecule has 0 saturated carbocycles. The zero-order valence-electron chi connectivity index (χ0n) is 10.5. The molecule has 0 aromatic heterocycles. The van der Waals surface area contributed by atoms with Crippen molar-refractivity contribution in [3.8, 4) is 0 Å². The van der Waals surface area contributed by atoms with Gasteiger partial charge >= 0.3 is 0 Å². The van der Waals surface area contributed by atoms with E-state index in [0.717, 1.165) is 16.8 Å². The summed E-state index contributed by atoms with van der Waals surface area (Å²) in [4.78, 5) is 0. The lowest BCUT2D eigenvalue weighted by Gasteiger charge is -2.19. The highest BCUT2D eigenvalue weighted by atomic mass is 79.9. The molecule has 0 fully saturated rings. The van der Waals surface area contributed by atoms with Gasteiger partial charge in [0.2, 0.25) is 0 Å². The van der Waals surface area contributed by atoms with E-state index in [1.165, 1.54) is 24.0 Å². The lowest BCUT2D eigenvalue weighted by Crippen LogP contribution is -2.15. The Labute approximate surface area is 108 Å². The van der Waals surface area contributed by atoms with Gasteiger partial charge in [0.05, 0.1) is 0 Å². The lowest BCUT2D eigenvalue weighted by molar-refractivity contribution is 0.414. The van der Waals surface area contributed by atoms with Crippen LogP contribution in [0, 0.1) is 12.8 Å². The molecule has 0 spiro atoms. The first-order valence-electron chi connectivity index (χ1n) is 6.09. The Morgan fingerprint density at radius 1 is 1.19 bits per heavy atom. The second-order valence-electron chi connectivity index (χ2n) is 4.59. The average Bonchev–Trinajstić information content (AvgIpc) is 2.24. The van der Waals surface area contributed by atoms with Gasteiger partial charge in [-0.15, -0.1) is 0 Å². The van der Waals surface area contributed by atoms with Crippen LogP contribution >= 0.6 is 15.9 Å². The predicted molar refractivity (Wildman–Crippen MR) is 74.5 cm³/mol. The van der Waals surface area contributed by atoms with Crippen molar-refractivity contribution >= 4 is 15.9 Å². The molecular weight excluding hydrogens is 262 g/mol. The molecule has 1 rings (SSSR count). The van der Waals surface area contributed by atoms with Gasteiger partial charge in [0.1, 0.15) is 0 Å². The average molecular weight is 284 g/mol. The fraction of sp³-hybridized carbons (Fsp3) is 0.571. The Bertz CT molecular complexity index is 311. The minimum atomic E-state index is 0.168. The van der Waals surface area contributed by atoms with Crippen LogP contribution in [0.2, 0.25) is 0 Å². The number of nitrogens with two attached hydrogens (primary N) is 1. The van der Waals surface area contributed by atoms with Crippen LogP contribution in [-0.4, -0.2) is 0 Å². The van der Waals surface area contributed by atoms with Crippen LogP contribution in [0.25, 0.3) is 0 Å². The molecule has 0 radical (unpaired) electrons. The highest BCUT2D eigenvalue weighted by molar-refractivity contribution is 9.10. The Kier molecular flexibility index (Phi) is 5.50. The van der Waals surface area contributed by atoms with Gasteiger partial charge in [-0.25, -0.2) is 0 Å². The third-order valence-corrected chi connectivity index (χ3v) is 3.69. The first-order valence-corrected chi connectivity index (χ1v) is 6.88. The van der Waals surface area contributed by atoms with Gasteiger partial charge in [0, 0.05) is 10.5 Å². The molecule has 0 aliphatic carbocycles.